The minimum Gasteiger partial charge on any atom is -0.379 e. The summed E-state index contributed by atoms with van der Waals surface area (Å²) in [5.41, 5.74) is 0.977. The highest BCUT2D eigenvalue weighted by Crippen LogP contribution is 2.22. The Morgan fingerprint density at radius 3 is 2.64 bits per heavy atom. The van der Waals surface area contributed by atoms with Gasteiger partial charge in [-0.05, 0) is 38.1 Å². The molecule has 0 radical (unpaired) electrons. The first-order valence-electron chi connectivity index (χ1n) is 8.56. The van der Waals surface area contributed by atoms with Gasteiger partial charge in [-0.3, -0.25) is 4.79 Å². The van der Waals surface area contributed by atoms with Crippen molar-refractivity contribution >= 4 is 15.9 Å². The summed E-state index contributed by atoms with van der Waals surface area (Å²) in [4.78, 5) is 12.5. The van der Waals surface area contributed by atoms with E-state index in [9.17, 15) is 13.2 Å². The van der Waals surface area contributed by atoms with Gasteiger partial charge in [-0.2, -0.15) is 4.31 Å². The summed E-state index contributed by atoms with van der Waals surface area (Å²) >= 11 is 0. The van der Waals surface area contributed by atoms with Crippen LogP contribution in [-0.2, 0) is 14.8 Å². The molecule has 1 aliphatic rings. The Balaban J connectivity index is 2.18. The van der Waals surface area contributed by atoms with Gasteiger partial charge in [-0.15, -0.1) is 0 Å². The summed E-state index contributed by atoms with van der Waals surface area (Å²) in [5, 5.41) is 6.04. The third-order valence-electron chi connectivity index (χ3n) is 4.16. The molecule has 1 atom stereocenters. The minimum absolute atomic E-state index is 0.149. The van der Waals surface area contributed by atoms with E-state index in [1.807, 2.05) is 13.8 Å². The van der Waals surface area contributed by atoms with Gasteiger partial charge in [0.2, 0.25) is 10.0 Å². The Bertz CT molecular complexity index is 700. The molecule has 1 heterocycles. The smallest absolute Gasteiger partial charge is 0.251 e. The number of amides is 1. The number of sulfonamides is 1. The molecule has 2 N–H and O–H groups in total. The number of morpholine rings is 1. The lowest BCUT2D eigenvalue weighted by Crippen LogP contribution is -2.41. The van der Waals surface area contributed by atoms with E-state index >= 15 is 0 Å². The zero-order valence-electron chi connectivity index (χ0n) is 15.0. The van der Waals surface area contributed by atoms with Crippen LogP contribution in [0, 0.1) is 6.92 Å². The Hall–Kier alpha value is -1.48. The van der Waals surface area contributed by atoms with Crippen molar-refractivity contribution in [3.8, 4) is 0 Å². The number of nitrogens with zero attached hydrogens (tertiary/aromatic N) is 1. The fourth-order valence-corrected chi connectivity index (χ4v) is 4.37. The van der Waals surface area contributed by atoms with Crippen LogP contribution in [0.1, 0.15) is 29.8 Å². The molecule has 1 aromatic carbocycles. The second-order valence-electron chi connectivity index (χ2n) is 6.17. The average Bonchev–Trinajstić information content (AvgIpc) is 2.61. The number of ether oxygens (including phenoxy) is 1. The number of aryl methyl sites for hydroxylation is 1. The standard InChI is InChI=1S/C17H27N3O4S/c1-4-18-14(3)12-19-17(21)15-6-5-13(2)16(11-15)25(22,23)20-7-9-24-10-8-20/h5-6,11,14,18H,4,7-10,12H2,1-3H3,(H,19,21)/t14-/m1/s1. The quantitative estimate of drug-likeness (QED) is 0.740. The van der Waals surface area contributed by atoms with E-state index in [-0.39, 0.29) is 16.8 Å². The van der Waals surface area contributed by atoms with Crippen molar-refractivity contribution in [2.45, 2.75) is 31.7 Å². The van der Waals surface area contributed by atoms with Gasteiger partial charge in [0, 0.05) is 31.2 Å². The summed E-state index contributed by atoms with van der Waals surface area (Å²) in [7, 11) is -3.63. The number of nitrogens with one attached hydrogen (secondary N) is 2. The molecular formula is C17H27N3O4S. The molecule has 0 unspecified atom stereocenters. The van der Waals surface area contributed by atoms with Crippen LogP contribution in [0.2, 0.25) is 0 Å². The van der Waals surface area contributed by atoms with Gasteiger partial charge in [-0.1, -0.05) is 13.0 Å². The molecule has 1 fully saturated rings. The molecule has 0 spiro atoms. The monoisotopic (exact) mass is 369 g/mol. The molecular weight excluding hydrogens is 342 g/mol. The topological polar surface area (TPSA) is 87.7 Å². The van der Waals surface area contributed by atoms with Gasteiger partial charge < -0.3 is 15.4 Å². The first-order chi connectivity index (χ1) is 11.9. The van der Waals surface area contributed by atoms with Crippen LogP contribution in [0.15, 0.2) is 23.1 Å². The van der Waals surface area contributed by atoms with E-state index in [1.54, 1.807) is 19.1 Å². The first kappa shape index (κ1) is 19.8. The van der Waals surface area contributed by atoms with E-state index < -0.39 is 10.0 Å². The fourth-order valence-electron chi connectivity index (χ4n) is 2.71. The van der Waals surface area contributed by atoms with Crippen LogP contribution in [0.3, 0.4) is 0 Å². The summed E-state index contributed by atoms with van der Waals surface area (Å²) in [6.07, 6.45) is 0. The molecule has 1 aromatic rings. The van der Waals surface area contributed by atoms with Crippen LogP contribution in [0.5, 0.6) is 0 Å². The maximum absolute atomic E-state index is 12.9. The third kappa shape index (κ3) is 5.01. The molecule has 2 rings (SSSR count). The van der Waals surface area contributed by atoms with E-state index in [0.717, 1.165) is 6.54 Å². The summed E-state index contributed by atoms with van der Waals surface area (Å²) < 4.78 is 32.4. The van der Waals surface area contributed by atoms with Crippen molar-refractivity contribution in [3.05, 3.63) is 29.3 Å². The summed E-state index contributed by atoms with van der Waals surface area (Å²) in [5.74, 6) is -0.275. The Kier molecular flexibility index (Phi) is 6.95. The highest BCUT2D eigenvalue weighted by molar-refractivity contribution is 7.89. The van der Waals surface area contributed by atoms with Gasteiger partial charge in [0.25, 0.3) is 5.91 Å². The predicted molar refractivity (Wildman–Crippen MR) is 96.2 cm³/mol. The lowest BCUT2D eigenvalue weighted by atomic mass is 10.1. The molecule has 7 nitrogen and oxygen atoms in total. The van der Waals surface area contributed by atoms with Crippen LogP contribution >= 0.6 is 0 Å². The predicted octanol–water partition coefficient (Wildman–Crippen LogP) is 0.744. The van der Waals surface area contributed by atoms with Crippen molar-refractivity contribution < 1.29 is 17.9 Å². The van der Waals surface area contributed by atoms with Crippen molar-refractivity contribution in [3.63, 3.8) is 0 Å². The molecule has 0 aliphatic carbocycles. The lowest BCUT2D eigenvalue weighted by molar-refractivity contribution is 0.0730. The van der Waals surface area contributed by atoms with Gasteiger partial charge >= 0.3 is 0 Å². The number of rotatable bonds is 7. The molecule has 1 amide bonds. The molecule has 0 saturated carbocycles. The van der Waals surface area contributed by atoms with E-state index in [0.29, 0.717) is 44.0 Å². The van der Waals surface area contributed by atoms with E-state index in [4.69, 9.17) is 4.74 Å². The second kappa shape index (κ2) is 8.75. The average molecular weight is 369 g/mol. The third-order valence-corrected chi connectivity index (χ3v) is 6.20. The highest BCUT2D eigenvalue weighted by atomic mass is 32.2. The number of hydrogen-bond acceptors (Lipinski definition) is 5. The van der Waals surface area contributed by atoms with Crippen LogP contribution in [0.25, 0.3) is 0 Å². The molecule has 1 aliphatic heterocycles. The number of carbonyl (C=O) groups is 1. The molecule has 1 saturated heterocycles. The van der Waals surface area contributed by atoms with Crippen molar-refractivity contribution in [2.75, 3.05) is 39.4 Å². The van der Waals surface area contributed by atoms with Crippen molar-refractivity contribution in [2.24, 2.45) is 0 Å². The Morgan fingerprint density at radius 2 is 2.00 bits per heavy atom. The number of benzene rings is 1. The maximum atomic E-state index is 12.9. The number of likely N-dealkylation sites (N-methyl/N-ethyl adjacent to an activating group) is 1. The van der Waals surface area contributed by atoms with Gasteiger partial charge in [0.05, 0.1) is 18.1 Å². The Morgan fingerprint density at radius 1 is 1.32 bits per heavy atom. The molecule has 8 heteroatoms. The van der Waals surface area contributed by atoms with Crippen molar-refractivity contribution in [1.82, 2.24) is 14.9 Å². The first-order valence-corrected chi connectivity index (χ1v) is 10.0. The number of hydrogen-bond donors (Lipinski definition) is 2. The molecule has 140 valence electrons. The molecule has 0 bridgehead atoms. The minimum atomic E-state index is -3.63. The van der Waals surface area contributed by atoms with Gasteiger partial charge in [0.15, 0.2) is 0 Å². The largest absolute Gasteiger partial charge is 0.379 e. The Labute approximate surface area is 149 Å². The second-order valence-corrected chi connectivity index (χ2v) is 8.07. The van der Waals surface area contributed by atoms with E-state index in [2.05, 4.69) is 10.6 Å². The van der Waals surface area contributed by atoms with Crippen molar-refractivity contribution in [1.29, 1.82) is 0 Å². The van der Waals surface area contributed by atoms with Crippen LogP contribution in [-0.4, -0.2) is 64.1 Å². The maximum Gasteiger partial charge on any atom is 0.251 e. The lowest BCUT2D eigenvalue weighted by Gasteiger charge is -2.26. The number of carbonyl (C=O) groups excluding carboxylic acids is 1. The fraction of sp³-hybridized carbons (Fsp3) is 0.588. The summed E-state index contributed by atoms with van der Waals surface area (Å²) in [6.45, 7) is 8.46. The van der Waals surface area contributed by atoms with Crippen LogP contribution < -0.4 is 10.6 Å². The molecule has 25 heavy (non-hydrogen) atoms. The highest BCUT2D eigenvalue weighted by Gasteiger charge is 2.28. The van der Waals surface area contributed by atoms with Crippen LogP contribution in [0.4, 0.5) is 0 Å². The SMILES string of the molecule is CCN[C@H](C)CNC(=O)c1ccc(C)c(S(=O)(=O)N2CCOCC2)c1. The van der Waals surface area contributed by atoms with E-state index in [1.165, 1.54) is 10.4 Å². The normalized spacial score (nSPS) is 17.2. The summed E-state index contributed by atoms with van der Waals surface area (Å²) in [6, 6.07) is 4.94. The zero-order valence-corrected chi connectivity index (χ0v) is 15.9. The molecule has 0 aromatic heterocycles. The van der Waals surface area contributed by atoms with Gasteiger partial charge in [-0.25, -0.2) is 8.42 Å². The zero-order chi connectivity index (χ0) is 18.4. The van der Waals surface area contributed by atoms with Gasteiger partial charge in [0.1, 0.15) is 0 Å².